The Morgan fingerprint density at radius 2 is 1.34 bits per heavy atom. The average Bonchev–Trinajstić information content (AvgIpc) is 2.86. The van der Waals surface area contributed by atoms with Gasteiger partial charge in [-0.15, -0.1) is 0 Å². The first-order chi connectivity index (χ1) is 15.5. The number of esters is 1. The van der Waals surface area contributed by atoms with Crippen molar-refractivity contribution in [2.24, 2.45) is 0 Å². The van der Waals surface area contributed by atoms with Crippen LogP contribution in [0.1, 0.15) is 24.5 Å². The van der Waals surface area contributed by atoms with Gasteiger partial charge in [0.05, 0.1) is 23.3 Å². The highest BCUT2D eigenvalue weighted by Gasteiger charge is 2.39. The molecule has 2 atom stereocenters. The molecular weight excluding hydrogens is 422 g/mol. The van der Waals surface area contributed by atoms with Crippen LogP contribution < -0.4 is 5.32 Å². The fourth-order valence-electron chi connectivity index (χ4n) is 3.58. The van der Waals surface area contributed by atoms with E-state index in [0.29, 0.717) is 4.90 Å². The van der Waals surface area contributed by atoms with Crippen molar-refractivity contribution < 1.29 is 18.5 Å². The number of hydrogen-bond donors (Lipinski definition) is 1. The van der Waals surface area contributed by atoms with Crippen molar-refractivity contribution in [3.63, 3.8) is 0 Å². The maximum Gasteiger partial charge on any atom is 0.328 e. The van der Waals surface area contributed by atoms with Gasteiger partial charge in [-0.1, -0.05) is 78.9 Å². The van der Waals surface area contributed by atoms with Crippen LogP contribution in [-0.2, 0) is 30.5 Å². The maximum atomic E-state index is 13.6. The number of carbonyl (C=O) groups is 2. The maximum absolute atomic E-state index is 13.6. The van der Waals surface area contributed by atoms with E-state index in [1.54, 1.807) is 12.1 Å². The summed E-state index contributed by atoms with van der Waals surface area (Å²) in [5.74, 6) is -0.667. The molecule has 0 aliphatic carbocycles. The van der Waals surface area contributed by atoms with Crippen LogP contribution in [0.3, 0.4) is 0 Å². The molecule has 0 saturated carbocycles. The monoisotopic (exact) mass is 449 g/mol. The number of hydrogen-bond acceptors (Lipinski definition) is 4. The van der Waals surface area contributed by atoms with Gasteiger partial charge in [0, 0.05) is 10.6 Å². The number of carbonyl (C=O) groups excluding carboxylic acids is 2. The van der Waals surface area contributed by atoms with E-state index in [2.05, 4.69) is 5.32 Å². The summed E-state index contributed by atoms with van der Waals surface area (Å²) in [6.45, 7) is 1.84. The average molecular weight is 450 g/mol. The molecule has 0 spiro atoms. The minimum absolute atomic E-state index is 0.194. The van der Waals surface area contributed by atoms with Crippen molar-refractivity contribution in [1.29, 1.82) is 0 Å². The molecule has 0 aliphatic rings. The molecule has 3 aromatic rings. The van der Waals surface area contributed by atoms with Gasteiger partial charge in [0.1, 0.15) is 6.04 Å². The second-order valence-electron chi connectivity index (χ2n) is 7.56. The highest BCUT2D eigenvalue weighted by molar-refractivity contribution is 7.85. The van der Waals surface area contributed by atoms with Crippen molar-refractivity contribution in [2.45, 2.75) is 29.7 Å². The lowest BCUT2D eigenvalue weighted by atomic mass is 9.75. The van der Waals surface area contributed by atoms with Crippen molar-refractivity contribution in [3.8, 4) is 0 Å². The van der Waals surface area contributed by atoms with Crippen LogP contribution in [0.15, 0.2) is 95.9 Å². The molecule has 32 heavy (non-hydrogen) atoms. The van der Waals surface area contributed by atoms with Gasteiger partial charge in [0.25, 0.3) is 0 Å². The van der Waals surface area contributed by atoms with Gasteiger partial charge in [0.2, 0.25) is 5.91 Å². The van der Waals surface area contributed by atoms with E-state index in [9.17, 15) is 13.8 Å². The molecule has 0 radical (unpaired) electrons. The van der Waals surface area contributed by atoms with Gasteiger partial charge in [0.15, 0.2) is 0 Å². The van der Waals surface area contributed by atoms with E-state index in [0.717, 1.165) is 11.1 Å². The predicted octanol–water partition coefficient (Wildman–Crippen LogP) is 3.85. The van der Waals surface area contributed by atoms with Crippen molar-refractivity contribution >= 4 is 22.7 Å². The number of methoxy groups -OCH3 is 1. The molecule has 0 fully saturated rings. The first kappa shape index (κ1) is 23.4. The summed E-state index contributed by atoms with van der Waals surface area (Å²) in [6, 6.07) is 27.0. The van der Waals surface area contributed by atoms with Crippen LogP contribution in [0.2, 0.25) is 0 Å². The largest absolute Gasteiger partial charge is 0.467 e. The minimum Gasteiger partial charge on any atom is -0.467 e. The van der Waals surface area contributed by atoms with Crippen LogP contribution in [0.4, 0.5) is 0 Å². The van der Waals surface area contributed by atoms with Crippen LogP contribution in [0.25, 0.3) is 0 Å². The number of nitrogens with one attached hydrogen (secondary N) is 1. The zero-order valence-corrected chi connectivity index (χ0v) is 19.0. The summed E-state index contributed by atoms with van der Waals surface area (Å²) in [7, 11) is -0.00854. The lowest BCUT2D eigenvalue weighted by molar-refractivity contribution is -0.145. The summed E-state index contributed by atoms with van der Waals surface area (Å²) in [5.41, 5.74) is 0.591. The van der Waals surface area contributed by atoms with E-state index in [-0.39, 0.29) is 18.1 Å². The zero-order chi connectivity index (χ0) is 23.0. The van der Waals surface area contributed by atoms with Gasteiger partial charge >= 0.3 is 5.97 Å². The van der Waals surface area contributed by atoms with Crippen molar-refractivity contribution in [3.05, 3.63) is 102 Å². The Morgan fingerprint density at radius 3 is 1.81 bits per heavy atom. The van der Waals surface area contributed by atoms with Crippen LogP contribution in [0.5, 0.6) is 0 Å². The molecule has 0 unspecified atom stereocenters. The normalized spacial score (nSPS) is 13.1. The third kappa shape index (κ3) is 5.32. The summed E-state index contributed by atoms with van der Waals surface area (Å²) < 4.78 is 17.6. The molecule has 0 aliphatic heterocycles. The van der Waals surface area contributed by atoms with Gasteiger partial charge in [-0.2, -0.15) is 0 Å². The van der Waals surface area contributed by atoms with Crippen LogP contribution in [-0.4, -0.2) is 35.0 Å². The molecule has 1 amide bonds. The SMILES string of the molecule is COC(=O)[C@@H](CC[S@@](=O)c1ccccc1)NC(=O)C(C)(c1ccccc1)c1ccccc1. The Balaban J connectivity index is 1.84. The fourth-order valence-corrected chi connectivity index (χ4v) is 4.73. The zero-order valence-electron chi connectivity index (χ0n) is 18.2. The molecule has 5 nitrogen and oxygen atoms in total. The topological polar surface area (TPSA) is 72.5 Å². The Morgan fingerprint density at radius 1 is 0.875 bits per heavy atom. The number of amides is 1. The third-order valence-electron chi connectivity index (χ3n) is 5.55. The Kier molecular flexibility index (Phi) is 7.95. The Bertz CT molecular complexity index is 1020. The minimum atomic E-state index is -1.29. The molecule has 0 bridgehead atoms. The molecule has 3 rings (SSSR count). The summed E-state index contributed by atoms with van der Waals surface area (Å²) in [5, 5.41) is 2.86. The first-order valence-corrected chi connectivity index (χ1v) is 11.7. The van der Waals surface area contributed by atoms with E-state index < -0.39 is 28.2 Å². The standard InChI is InChI=1S/C26H27NO4S/c1-26(20-12-6-3-7-13-20,21-14-8-4-9-15-21)25(29)27-23(24(28)31-2)18-19-32(30)22-16-10-5-11-17-22/h3-17,23H,18-19H2,1-2H3,(H,27,29)/t23-,32-/m1/s1. The van der Waals surface area contributed by atoms with Gasteiger partial charge in [-0.05, 0) is 36.6 Å². The number of benzene rings is 3. The summed E-state index contributed by atoms with van der Waals surface area (Å²) >= 11 is 0. The lowest BCUT2D eigenvalue weighted by Gasteiger charge is -2.31. The smallest absolute Gasteiger partial charge is 0.328 e. The number of rotatable bonds is 9. The second-order valence-corrected chi connectivity index (χ2v) is 9.13. The predicted molar refractivity (Wildman–Crippen MR) is 126 cm³/mol. The lowest BCUT2D eigenvalue weighted by Crippen LogP contribution is -2.50. The molecule has 0 saturated heterocycles. The fraction of sp³-hybridized carbons (Fsp3) is 0.231. The first-order valence-electron chi connectivity index (χ1n) is 10.4. The molecule has 3 aromatic carbocycles. The highest BCUT2D eigenvalue weighted by atomic mass is 32.2. The van der Waals surface area contributed by atoms with E-state index in [4.69, 9.17) is 4.74 Å². The van der Waals surface area contributed by atoms with Crippen molar-refractivity contribution in [2.75, 3.05) is 12.9 Å². The third-order valence-corrected chi connectivity index (χ3v) is 6.95. The van der Waals surface area contributed by atoms with E-state index >= 15 is 0 Å². The quantitative estimate of drug-likeness (QED) is 0.504. The highest BCUT2D eigenvalue weighted by Crippen LogP contribution is 2.32. The van der Waals surface area contributed by atoms with Crippen LogP contribution >= 0.6 is 0 Å². The number of ether oxygens (including phenoxy) is 1. The van der Waals surface area contributed by atoms with E-state index in [1.165, 1.54) is 7.11 Å². The molecule has 6 heteroatoms. The van der Waals surface area contributed by atoms with Gasteiger partial charge in [-0.25, -0.2) is 4.79 Å². The molecule has 0 aromatic heterocycles. The van der Waals surface area contributed by atoms with E-state index in [1.807, 2.05) is 85.8 Å². The van der Waals surface area contributed by atoms with Gasteiger partial charge in [-0.3, -0.25) is 9.00 Å². The van der Waals surface area contributed by atoms with Crippen molar-refractivity contribution in [1.82, 2.24) is 5.32 Å². The summed E-state index contributed by atoms with van der Waals surface area (Å²) in [4.78, 5) is 26.8. The van der Waals surface area contributed by atoms with Crippen LogP contribution in [0, 0.1) is 0 Å². The Labute approximate surface area is 191 Å². The van der Waals surface area contributed by atoms with Gasteiger partial charge < -0.3 is 10.1 Å². The molecule has 166 valence electrons. The molecule has 1 N–H and O–H groups in total. The summed E-state index contributed by atoms with van der Waals surface area (Å²) in [6.07, 6.45) is 0.194. The second kappa shape index (κ2) is 10.9. The molecule has 0 heterocycles. The Hall–Kier alpha value is -3.25. The molecular formula is C26H27NO4S.